The lowest BCUT2D eigenvalue weighted by Gasteiger charge is -2.11. The molecule has 8 aromatic rings. The minimum Gasteiger partial charge on any atom is -0.309 e. The second-order valence-electron chi connectivity index (χ2n) is 8.58. The van der Waals surface area contributed by atoms with Gasteiger partial charge in [-0.2, -0.15) is 0 Å². The monoisotopic (exact) mass is 435 g/mol. The Morgan fingerprint density at radius 1 is 0.559 bits per heavy atom. The molecule has 0 amide bonds. The molecule has 0 aliphatic rings. The van der Waals surface area contributed by atoms with E-state index in [9.17, 15) is 0 Å². The van der Waals surface area contributed by atoms with E-state index < -0.39 is 0 Å². The Morgan fingerprint density at radius 2 is 1.41 bits per heavy atom. The lowest BCUT2D eigenvalue weighted by atomic mass is 10.0. The topological polar surface area (TPSA) is 48.0 Å². The highest BCUT2D eigenvalue weighted by atomic mass is 15.1. The van der Waals surface area contributed by atoms with Gasteiger partial charge in [-0.25, -0.2) is 9.97 Å². The Bertz CT molecular complexity index is 2070. The first-order valence-electron chi connectivity index (χ1n) is 11.3. The third-order valence-electron chi connectivity index (χ3n) is 6.83. The Morgan fingerprint density at radius 3 is 2.35 bits per heavy atom. The van der Waals surface area contributed by atoms with Crippen molar-refractivity contribution in [1.29, 1.82) is 0 Å². The standard InChI is InChI=1S/C29H17N5/c1-2-7-18(8-3-1)33-22-10-5-4-9-19(22)27-24(33)13-12-20-26(27)21-17-30-16-14-23(21)34-25-11-6-15-31-28(25)32-29(20)34/h1-17H. The number of fused-ring (bicyclic) bond motifs is 12. The number of benzene rings is 3. The summed E-state index contributed by atoms with van der Waals surface area (Å²) < 4.78 is 4.56. The fourth-order valence-corrected chi connectivity index (χ4v) is 5.49. The smallest absolute Gasteiger partial charge is 0.178 e. The molecular weight excluding hydrogens is 418 g/mol. The average molecular weight is 435 g/mol. The highest BCUT2D eigenvalue weighted by Crippen LogP contribution is 2.41. The Hall–Kier alpha value is -4.77. The van der Waals surface area contributed by atoms with Crippen molar-refractivity contribution in [1.82, 2.24) is 23.9 Å². The molecule has 5 heterocycles. The summed E-state index contributed by atoms with van der Waals surface area (Å²) in [5, 5.41) is 5.82. The molecule has 0 aliphatic carbocycles. The van der Waals surface area contributed by atoms with Gasteiger partial charge in [0.05, 0.1) is 22.1 Å². The summed E-state index contributed by atoms with van der Waals surface area (Å²) in [5.41, 5.74) is 7.25. The number of rotatable bonds is 1. The highest BCUT2D eigenvalue weighted by Gasteiger charge is 2.20. The molecule has 0 atom stereocenters. The Kier molecular flexibility index (Phi) is 3.34. The maximum atomic E-state index is 4.97. The summed E-state index contributed by atoms with van der Waals surface area (Å²) in [6.45, 7) is 0. The number of imidazole rings is 1. The third kappa shape index (κ3) is 2.16. The van der Waals surface area contributed by atoms with Gasteiger partial charge in [0.15, 0.2) is 5.65 Å². The van der Waals surface area contributed by atoms with Gasteiger partial charge in [-0.05, 0) is 48.5 Å². The van der Waals surface area contributed by atoms with E-state index in [1.807, 2.05) is 18.5 Å². The van der Waals surface area contributed by atoms with Crippen molar-refractivity contribution in [3.63, 3.8) is 0 Å². The van der Waals surface area contributed by atoms with Crippen LogP contribution >= 0.6 is 0 Å². The van der Waals surface area contributed by atoms with Crippen molar-refractivity contribution in [3.05, 3.63) is 104 Å². The van der Waals surface area contributed by atoms with Gasteiger partial charge in [-0.15, -0.1) is 0 Å². The van der Waals surface area contributed by atoms with E-state index in [0.29, 0.717) is 0 Å². The first-order valence-corrected chi connectivity index (χ1v) is 11.3. The van der Waals surface area contributed by atoms with Gasteiger partial charge in [0.25, 0.3) is 0 Å². The first kappa shape index (κ1) is 17.7. The third-order valence-corrected chi connectivity index (χ3v) is 6.83. The summed E-state index contributed by atoms with van der Waals surface area (Å²) in [5.74, 6) is 0. The van der Waals surface area contributed by atoms with E-state index in [0.717, 1.165) is 38.8 Å². The van der Waals surface area contributed by atoms with E-state index in [4.69, 9.17) is 4.98 Å². The Balaban J connectivity index is 1.70. The molecular formula is C29H17N5. The number of hydrogen-bond acceptors (Lipinski definition) is 3. The van der Waals surface area contributed by atoms with Crippen LogP contribution in [0, 0.1) is 0 Å². The lowest BCUT2D eigenvalue weighted by Crippen LogP contribution is -1.94. The summed E-state index contributed by atoms with van der Waals surface area (Å²) in [7, 11) is 0. The number of nitrogens with zero attached hydrogens (tertiary/aromatic N) is 5. The molecule has 0 spiro atoms. The molecule has 5 heteroatoms. The SMILES string of the molecule is c1ccc(-n2c3ccccc3c3c4c5cnccc5n5c6cccnc6nc5c4ccc32)cc1. The van der Waals surface area contributed by atoms with E-state index in [1.54, 1.807) is 6.20 Å². The number of para-hydroxylation sites is 2. The first-order chi connectivity index (χ1) is 16.9. The zero-order valence-electron chi connectivity index (χ0n) is 18.1. The molecule has 0 unspecified atom stereocenters. The number of hydrogen-bond donors (Lipinski definition) is 0. The van der Waals surface area contributed by atoms with Crippen molar-refractivity contribution in [2.24, 2.45) is 0 Å². The maximum Gasteiger partial charge on any atom is 0.178 e. The van der Waals surface area contributed by atoms with E-state index in [1.165, 1.54) is 27.2 Å². The van der Waals surface area contributed by atoms with Crippen LogP contribution in [0.1, 0.15) is 0 Å². The average Bonchev–Trinajstić information content (AvgIpc) is 3.45. The summed E-state index contributed by atoms with van der Waals surface area (Å²) in [6.07, 6.45) is 5.63. The normalized spacial score (nSPS) is 12.1. The summed E-state index contributed by atoms with van der Waals surface area (Å²) in [4.78, 5) is 14.0. The van der Waals surface area contributed by atoms with Gasteiger partial charge in [0, 0.05) is 51.2 Å². The van der Waals surface area contributed by atoms with E-state index in [2.05, 4.69) is 97.8 Å². The molecule has 0 saturated carbocycles. The van der Waals surface area contributed by atoms with Crippen LogP contribution in [-0.4, -0.2) is 23.9 Å². The molecule has 5 nitrogen and oxygen atoms in total. The van der Waals surface area contributed by atoms with Gasteiger partial charge in [-0.1, -0.05) is 36.4 Å². The molecule has 0 aliphatic heterocycles. The van der Waals surface area contributed by atoms with Gasteiger partial charge in [-0.3, -0.25) is 9.38 Å². The maximum absolute atomic E-state index is 4.97. The van der Waals surface area contributed by atoms with E-state index in [-0.39, 0.29) is 0 Å². The second kappa shape index (κ2) is 6.39. The van der Waals surface area contributed by atoms with Crippen LogP contribution < -0.4 is 0 Å². The molecule has 0 N–H and O–H groups in total. The van der Waals surface area contributed by atoms with Crippen molar-refractivity contribution in [2.45, 2.75) is 0 Å². The summed E-state index contributed by atoms with van der Waals surface area (Å²) >= 11 is 0. The van der Waals surface area contributed by atoms with Crippen LogP contribution in [0.25, 0.3) is 66.0 Å². The number of pyridine rings is 3. The fraction of sp³-hybridized carbons (Fsp3) is 0. The predicted molar refractivity (Wildman–Crippen MR) is 138 cm³/mol. The van der Waals surface area contributed by atoms with Crippen molar-refractivity contribution in [3.8, 4) is 5.69 Å². The van der Waals surface area contributed by atoms with Crippen molar-refractivity contribution < 1.29 is 0 Å². The van der Waals surface area contributed by atoms with Crippen LogP contribution in [0.15, 0.2) is 104 Å². The quantitative estimate of drug-likeness (QED) is 0.270. The van der Waals surface area contributed by atoms with Crippen LogP contribution in [0.2, 0.25) is 0 Å². The van der Waals surface area contributed by atoms with Crippen molar-refractivity contribution >= 4 is 60.3 Å². The van der Waals surface area contributed by atoms with E-state index >= 15 is 0 Å². The van der Waals surface area contributed by atoms with Gasteiger partial charge in [0.2, 0.25) is 0 Å². The zero-order valence-corrected chi connectivity index (χ0v) is 18.1. The Labute approximate surface area is 193 Å². The number of aromatic nitrogens is 5. The lowest BCUT2D eigenvalue weighted by molar-refractivity contribution is 1.18. The molecule has 8 rings (SSSR count). The largest absolute Gasteiger partial charge is 0.309 e. The zero-order chi connectivity index (χ0) is 22.2. The predicted octanol–water partition coefficient (Wildman–Crippen LogP) is 6.68. The second-order valence-corrected chi connectivity index (χ2v) is 8.58. The molecule has 0 bridgehead atoms. The summed E-state index contributed by atoms with van der Waals surface area (Å²) in [6, 6.07) is 29.7. The van der Waals surface area contributed by atoms with Crippen LogP contribution in [0.5, 0.6) is 0 Å². The molecule has 158 valence electrons. The minimum absolute atomic E-state index is 0.750. The van der Waals surface area contributed by atoms with Gasteiger partial charge >= 0.3 is 0 Å². The minimum atomic E-state index is 0.750. The molecule has 0 saturated heterocycles. The molecule has 5 aromatic heterocycles. The highest BCUT2D eigenvalue weighted by molar-refractivity contribution is 6.30. The van der Waals surface area contributed by atoms with Gasteiger partial charge in [0.1, 0.15) is 5.65 Å². The molecule has 0 fully saturated rings. The fourth-order valence-electron chi connectivity index (χ4n) is 5.49. The van der Waals surface area contributed by atoms with Crippen LogP contribution in [0.4, 0.5) is 0 Å². The van der Waals surface area contributed by atoms with Crippen LogP contribution in [0.3, 0.4) is 0 Å². The molecule has 3 aromatic carbocycles. The molecule has 0 radical (unpaired) electrons. The van der Waals surface area contributed by atoms with Crippen LogP contribution in [-0.2, 0) is 0 Å². The molecule has 34 heavy (non-hydrogen) atoms. The van der Waals surface area contributed by atoms with Crippen molar-refractivity contribution in [2.75, 3.05) is 0 Å². The van der Waals surface area contributed by atoms with Gasteiger partial charge < -0.3 is 4.57 Å².